The van der Waals surface area contributed by atoms with Crippen molar-refractivity contribution in [3.8, 4) is 11.1 Å². The summed E-state index contributed by atoms with van der Waals surface area (Å²) in [5, 5.41) is 5.18. The van der Waals surface area contributed by atoms with Crippen molar-refractivity contribution in [1.82, 2.24) is 0 Å². The van der Waals surface area contributed by atoms with Gasteiger partial charge in [-0.05, 0) is 35.9 Å². The molecule has 36 heavy (non-hydrogen) atoms. The van der Waals surface area contributed by atoms with E-state index in [2.05, 4.69) is 144 Å². The molecule has 0 bridgehead atoms. The van der Waals surface area contributed by atoms with E-state index in [1.165, 1.54) is 47.8 Å². The van der Waals surface area contributed by atoms with Gasteiger partial charge in [0.2, 0.25) is 0 Å². The number of para-hydroxylation sites is 2. The average Bonchev–Trinajstić information content (AvgIpc) is 3.35. The highest BCUT2D eigenvalue weighted by Gasteiger charge is 2.25. The lowest BCUT2D eigenvalue weighted by molar-refractivity contribution is 1.30. The van der Waals surface area contributed by atoms with Gasteiger partial charge in [0.15, 0.2) is 0 Å². The van der Waals surface area contributed by atoms with Gasteiger partial charge in [-0.1, -0.05) is 109 Å². The maximum absolute atomic E-state index is 2.43. The minimum atomic E-state index is 1.14. The Kier molecular flexibility index (Phi) is 5.04. The van der Waals surface area contributed by atoms with Crippen molar-refractivity contribution >= 4 is 59.3 Å². The number of hydrogen-bond acceptors (Lipinski definition) is 2. The Morgan fingerprint density at radius 2 is 0.944 bits per heavy atom. The monoisotopic (exact) mass is 477 g/mol. The van der Waals surface area contributed by atoms with Crippen molar-refractivity contribution in [2.45, 2.75) is 0 Å². The maximum Gasteiger partial charge on any atom is 0.0625 e. The highest BCUT2D eigenvalue weighted by atomic mass is 32.1. The third kappa shape index (κ3) is 3.30. The normalized spacial score (nSPS) is 11.3. The molecule has 0 saturated carbocycles. The van der Waals surface area contributed by atoms with Crippen molar-refractivity contribution < 1.29 is 0 Å². The molecule has 1 heterocycles. The molecule has 0 aliphatic heterocycles. The van der Waals surface area contributed by atoms with E-state index >= 15 is 0 Å². The summed E-state index contributed by atoms with van der Waals surface area (Å²) in [6.45, 7) is 0. The molecule has 2 heteroatoms. The van der Waals surface area contributed by atoms with Gasteiger partial charge < -0.3 is 4.90 Å². The van der Waals surface area contributed by atoms with Crippen LogP contribution in [0, 0.1) is 0 Å². The molecule has 170 valence electrons. The molecule has 6 aromatic carbocycles. The molecule has 0 atom stereocenters. The lowest BCUT2D eigenvalue weighted by Crippen LogP contribution is -2.12. The van der Waals surface area contributed by atoms with Gasteiger partial charge in [0.25, 0.3) is 0 Å². The number of rotatable bonds is 4. The third-order valence-electron chi connectivity index (χ3n) is 6.82. The second-order valence-corrected chi connectivity index (χ2v) is 10.00. The van der Waals surface area contributed by atoms with Crippen molar-refractivity contribution in [3.63, 3.8) is 0 Å². The Balaban J connectivity index is 1.74. The van der Waals surface area contributed by atoms with Gasteiger partial charge in [-0.15, -0.1) is 11.3 Å². The highest BCUT2D eigenvalue weighted by Crippen LogP contribution is 2.52. The highest BCUT2D eigenvalue weighted by molar-refractivity contribution is 7.26. The number of fused-ring (bicyclic) bond motifs is 5. The summed E-state index contributed by atoms with van der Waals surface area (Å²) in [7, 11) is 0. The van der Waals surface area contributed by atoms with Crippen molar-refractivity contribution in [3.05, 3.63) is 140 Å². The number of hydrogen-bond donors (Lipinski definition) is 0. The number of nitrogens with zero attached hydrogens (tertiary/aromatic N) is 1. The molecule has 1 aromatic heterocycles. The summed E-state index contributed by atoms with van der Waals surface area (Å²) in [5.41, 5.74) is 6.00. The van der Waals surface area contributed by atoms with E-state index in [9.17, 15) is 0 Å². The Labute approximate surface area is 214 Å². The molecule has 0 unspecified atom stereocenters. The molecule has 0 radical (unpaired) electrons. The zero-order valence-corrected chi connectivity index (χ0v) is 20.5. The predicted molar refractivity (Wildman–Crippen MR) is 157 cm³/mol. The lowest BCUT2D eigenvalue weighted by Gasteiger charge is -2.30. The molecule has 7 rings (SSSR count). The van der Waals surface area contributed by atoms with E-state index < -0.39 is 0 Å². The molecule has 0 amide bonds. The Morgan fingerprint density at radius 3 is 1.58 bits per heavy atom. The van der Waals surface area contributed by atoms with Crippen LogP contribution in [0.4, 0.5) is 17.1 Å². The molecule has 0 aliphatic rings. The Bertz CT molecular complexity index is 1780. The zero-order valence-electron chi connectivity index (χ0n) is 19.6. The van der Waals surface area contributed by atoms with Crippen LogP contribution in [0.2, 0.25) is 0 Å². The number of thiophene rings is 1. The first-order valence-corrected chi connectivity index (χ1v) is 13.0. The first-order chi connectivity index (χ1) is 17.9. The van der Waals surface area contributed by atoms with Gasteiger partial charge in [0.05, 0.1) is 5.69 Å². The largest absolute Gasteiger partial charge is 0.309 e. The SMILES string of the molecule is c1ccc(-c2c(N(c3ccccc3)c3ccccc3)c3ccccc3c3sc4ccccc4c23)cc1. The van der Waals surface area contributed by atoms with E-state index in [4.69, 9.17) is 0 Å². The van der Waals surface area contributed by atoms with Crippen LogP contribution >= 0.6 is 11.3 Å². The van der Waals surface area contributed by atoms with Gasteiger partial charge in [-0.25, -0.2) is 0 Å². The van der Waals surface area contributed by atoms with Crippen molar-refractivity contribution in [1.29, 1.82) is 0 Å². The summed E-state index contributed by atoms with van der Waals surface area (Å²) in [6, 6.07) is 50.0. The molecule has 0 N–H and O–H groups in total. The molecule has 0 aliphatic carbocycles. The molecule has 1 nitrogen and oxygen atoms in total. The predicted octanol–water partition coefficient (Wildman–Crippen LogP) is 10.3. The van der Waals surface area contributed by atoms with Crippen LogP contribution in [0.5, 0.6) is 0 Å². The summed E-state index contributed by atoms with van der Waals surface area (Å²) in [4.78, 5) is 2.43. The third-order valence-corrected chi connectivity index (χ3v) is 8.03. The van der Waals surface area contributed by atoms with Gasteiger partial charge in [0.1, 0.15) is 0 Å². The minimum absolute atomic E-state index is 1.14. The summed E-state index contributed by atoms with van der Waals surface area (Å²) < 4.78 is 2.66. The zero-order chi connectivity index (χ0) is 23.9. The fourth-order valence-electron chi connectivity index (χ4n) is 5.30. The summed E-state index contributed by atoms with van der Waals surface area (Å²) in [5.74, 6) is 0. The maximum atomic E-state index is 2.43. The van der Waals surface area contributed by atoms with Crippen LogP contribution in [-0.2, 0) is 0 Å². The van der Waals surface area contributed by atoms with Gasteiger partial charge in [-0.2, -0.15) is 0 Å². The first kappa shape index (κ1) is 20.9. The molecular formula is C34H23NS. The lowest BCUT2D eigenvalue weighted by atomic mass is 9.92. The summed E-state index contributed by atoms with van der Waals surface area (Å²) in [6.07, 6.45) is 0. The van der Waals surface area contributed by atoms with Gasteiger partial charge >= 0.3 is 0 Å². The standard InChI is InChI=1S/C34H23NS/c1-4-14-24(15-5-1)31-32-29-22-12-13-23-30(29)36-34(32)28-21-11-10-20-27(28)33(31)35(25-16-6-2-7-17-25)26-18-8-3-9-19-26/h1-23H. The molecular weight excluding hydrogens is 454 g/mol. The number of benzene rings is 6. The number of anilines is 3. The fourth-order valence-corrected chi connectivity index (χ4v) is 6.55. The van der Waals surface area contributed by atoms with E-state index in [1.807, 2.05) is 11.3 Å². The van der Waals surface area contributed by atoms with Gasteiger partial charge in [-0.3, -0.25) is 0 Å². The quantitative estimate of drug-likeness (QED) is 0.244. The molecule has 0 fully saturated rings. The average molecular weight is 478 g/mol. The van der Waals surface area contributed by atoms with E-state index in [-0.39, 0.29) is 0 Å². The Morgan fingerprint density at radius 1 is 0.444 bits per heavy atom. The first-order valence-electron chi connectivity index (χ1n) is 12.2. The van der Waals surface area contributed by atoms with Crippen LogP contribution in [0.25, 0.3) is 42.1 Å². The second kappa shape index (κ2) is 8.67. The Hall–Kier alpha value is -4.40. The second-order valence-electron chi connectivity index (χ2n) is 8.94. The molecule has 0 saturated heterocycles. The van der Waals surface area contributed by atoms with Crippen LogP contribution < -0.4 is 4.90 Å². The summed E-state index contributed by atoms with van der Waals surface area (Å²) >= 11 is 1.89. The van der Waals surface area contributed by atoms with E-state index in [0.29, 0.717) is 0 Å². The minimum Gasteiger partial charge on any atom is -0.309 e. The van der Waals surface area contributed by atoms with Crippen LogP contribution in [0.15, 0.2) is 140 Å². The van der Waals surface area contributed by atoms with Crippen molar-refractivity contribution in [2.24, 2.45) is 0 Å². The fraction of sp³-hybridized carbons (Fsp3) is 0. The van der Waals surface area contributed by atoms with Crippen LogP contribution in [-0.4, -0.2) is 0 Å². The van der Waals surface area contributed by atoms with Crippen LogP contribution in [0.3, 0.4) is 0 Å². The smallest absolute Gasteiger partial charge is 0.0625 e. The molecule has 7 aromatic rings. The van der Waals surface area contributed by atoms with Crippen LogP contribution in [0.1, 0.15) is 0 Å². The van der Waals surface area contributed by atoms with E-state index in [0.717, 1.165) is 11.4 Å². The van der Waals surface area contributed by atoms with Crippen molar-refractivity contribution in [2.75, 3.05) is 4.90 Å². The van der Waals surface area contributed by atoms with E-state index in [1.54, 1.807) is 0 Å². The van der Waals surface area contributed by atoms with Gasteiger partial charge in [0, 0.05) is 47.9 Å². The topological polar surface area (TPSA) is 3.24 Å². The molecule has 0 spiro atoms.